The topological polar surface area (TPSA) is 74.0 Å². The van der Waals surface area contributed by atoms with Gasteiger partial charge in [0.05, 0.1) is 27.8 Å². The van der Waals surface area contributed by atoms with E-state index in [2.05, 4.69) is 4.99 Å². The van der Waals surface area contributed by atoms with E-state index in [9.17, 15) is 23.3 Å². The minimum Gasteiger partial charge on any atom is -0.490 e. The van der Waals surface area contributed by atoms with Crippen LogP contribution in [0.15, 0.2) is 59.6 Å². The molecule has 0 saturated carbocycles. The normalized spacial score (nSPS) is 11.6. The summed E-state index contributed by atoms with van der Waals surface area (Å²) in [7, 11) is 0. The zero-order chi connectivity index (χ0) is 24.2. The van der Waals surface area contributed by atoms with E-state index in [1.54, 1.807) is 19.2 Å². The molecule has 0 saturated heterocycles. The van der Waals surface area contributed by atoms with Crippen molar-refractivity contribution in [2.75, 3.05) is 6.61 Å². The molecule has 0 atom stereocenters. The average molecular weight is 479 g/mol. The third kappa shape index (κ3) is 6.01. The van der Waals surface area contributed by atoms with Gasteiger partial charge in [0, 0.05) is 12.3 Å². The van der Waals surface area contributed by atoms with Crippen molar-refractivity contribution in [1.82, 2.24) is 0 Å². The van der Waals surface area contributed by atoms with Gasteiger partial charge in [0.2, 0.25) is 5.75 Å². The van der Waals surface area contributed by atoms with E-state index in [0.717, 1.165) is 17.3 Å². The molecule has 0 heterocycles. The lowest BCUT2D eigenvalue weighted by atomic mass is 10.1. The van der Waals surface area contributed by atoms with Crippen LogP contribution >= 0.6 is 11.6 Å². The highest BCUT2D eigenvalue weighted by Crippen LogP contribution is 2.43. The number of ether oxygens (including phenoxy) is 2. The summed E-state index contributed by atoms with van der Waals surface area (Å²) >= 11 is 6.34. The van der Waals surface area contributed by atoms with Gasteiger partial charge in [-0.05, 0) is 55.8 Å². The van der Waals surface area contributed by atoms with E-state index in [0.29, 0.717) is 17.7 Å². The first kappa shape index (κ1) is 24.1. The number of aryl methyl sites for hydroxylation is 1. The van der Waals surface area contributed by atoms with Crippen molar-refractivity contribution in [2.24, 2.45) is 4.99 Å². The van der Waals surface area contributed by atoms with E-state index in [1.807, 2.05) is 31.2 Å². The lowest BCUT2D eigenvalue weighted by Crippen LogP contribution is -2.06. The van der Waals surface area contributed by atoms with Gasteiger partial charge in [0.15, 0.2) is 11.5 Å². The number of nitro benzene ring substituents is 1. The second kappa shape index (κ2) is 9.91. The van der Waals surface area contributed by atoms with Crippen molar-refractivity contribution in [3.63, 3.8) is 0 Å². The van der Waals surface area contributed by atoms with Crippen LogP contribution in [-0.4, -0.2) is 17.7 Å². The third-order valence-corrected chi connectivity index (χ3v) is 4.70. The van der Waals surface area contributed by atoms with E-state index < -0.39 is 28.1 Å². The van der Waals surface area contributed by atoms with Gasteiger partial charge >= 0.3 is 11.9 Å². The molecule has 0 bridgehead atoms. The van der Waals surface area contributed by atoms with Gasteiger partial charge in [-0.25, -0.2) is 0 Å². The second-order valence-electron chi connectivity index (χ2n) is 6.90. The van der Waals surface area contributed by atoms with Gasteiger partial charge < -0.3 is 9.47 Å². The Hall–Kier alpha value is -3.59. The molecule has 172 valence electrons. The number of alkyl halides is 3. The van der Waals surface area contributed by atoms with Crippen LogP contribution in [0.5, 0.6) is 17.2 Å². The maximum Gasteiger partial charge on any atom is 0.416 e. The van der Waals surface area contributed by atoms with Crippen LogP contribution < -0.4 is 9.47 Å². The van der Waals surface area contributed by atoms with E-state index in [1.165, 1.54) is 6.07 Å². The summed E-state index contributed by atoms with van der Waals surface area (Å²) in [6.45, 7) is 3.90. The van der Waals surface area contributed by atoms with Gasteiger partial charge in [-0.15, -0.1) is 0 Å². The Kier molecular flexibility index (Phi) is 7.23. The van der Waals surface area contributed by atoms with Crippen LogP contribution in [-0.2, 0) is 6.18 Å². The molecule has 0 radical (unpaired) electrons. The summed E-state index contributed by atoms with van der Waals surface area (Å²) in [5.74, 6) is -0.310. The summed E-state index contributed by atoms with van der Waals surface area (Å²) in [4.78, 5) is 14.8. The van der Waals surface area contributed by atoms with Crippen LogP contribution in [0.4, 0.5) is 24.5 Å². The molecule has 0 spiro atoms. The summed E-state index contributed by atoms with van der Waals surface area (Å²) < 4.78 is 50.0. The lowest BCUT2D eigenvalue weighted by molar-refractivity contribution is -0.385. The maximum atomic E-state index is 13.0. The first-order chi connectivity index (χ1) is 15.6. The standard InChI is InChI=1S/C23H18ClF3N2O4/c1-3-32-21-11-15(13-28-17-7-4-14(2)5-8-17)10-18(24)22(21)33-20-9-6-16(23(25,26)27)12-19(20)29(30)31/h4-13H,3H2,1-2H3. The monoisotopic (exact) mass is 478 g/mol. The Morgan fingerprint density at radius 3 is 2.39 bits per heavy atom. The molecule has 0 amide bonds. The molecule has 0 aliphatic rings. The fourth-order valence-electron chi connectivity index (χ4n) is 2.84. The van der Waals surface area contributed by atoms with Crippen LogP contribution in [0.1, 0.15) is 23.6 Å². The first-order valence-corrected chi connectivity index (χ1v) is 10.1. The highest BCUT2D eigenvalue weighted by Gasteiger charge is 2.33. The fraction of sp³-hybridized carbons (Fsp3) is 0.174. The summed E-state index contributed by atoms with van der Waals surface area (Å²) in [5, 5.41) is 11.4. The molecule has 0 aliphatic carbocycles. The van der Waals surface area contributed by atoms with Gasteiger partial charge in [0.25, 0.3) is 0 Å². The zero-order valence-electron chi connectivity index (χ0n) is 17.5. The van der Waals surface area contributed by atoms with Crippen LogP contribution in [0, 0.1) is 17.0 Å². The average Bonchev–Trinajstić information content (AvgIpc) is 2.75. The van der Waals surface area contributed by atoms with Crippen LogP contribution in [0.3, 0.4) is 0 Å². The van der Waals surface area contributed by atoms with E-state index in [4.69, 9.17) is 21.1 Å². The number of aliphatic imine (C=N–C) groups is 1. The molecular weight excluding hydrogens is 461 g/mol. The van der Waals surface area contributed by atoms with Gasteiger partial charge in [-0.2, -0.15) is 13.2 Å². The number of nitrogens with zero attached hydrogens (tertiary/aromatic N) is 2. The molecule has 0 N–H and O–H groups in total. The second-order valence-corrected chi connectivity index (χ2v) is 7.30. The first-order valence-electron chi connectivity index (χ1n) is 9.69. The highest BCUT2D eigenvalue weighted by atomic mass is 35.5. The number of benzene rings is 3. The summed E-state index contributed by atoms with van der Waals surface area (Å²) in [6.07, 6.45) is -3.18. The number of nitro groups is 1. The molecule has 33 heavy (non-hydrogen) atoms. The Morgan fingerprint density at radius 2 is 1.79 bits per heavy atom. The lowest BCUT2D eigenvalue weighted by Gasteiger charge is -2.15. The predicted octanol–water partition coefficient (Wildman–Crippen LogP) is 7.52. The zero-order valence-corrected chi connectivity index (χ0v) is 18.3. The SMILES string of the molecule is CCOc1cc(C=Nc2ccc(C)cc2)cc(Cl)c1Oc1ccc(C(F)(F)F)cc1[N+](=O)[O-]. The Morgan fingerprint density at radius 1 is 1.09 bits per heavy atom. The third-order valence-electron chi connectivity index (χ3n) is 4.42. The van der Waals surface area contributed by atoms with Crippen molar-refractivity contribution >= 4 is 29.2 Å². The summed E-state index contributed by atoms with van der Waals surface area (Å²) in [6, 6.07) is 12.6. The highest BCUT2D eigenvalue weighted by molar-refractivity contribution is 6.32. The Balaban J connectivity index is 1.98. The molecule has 3 rings (SSSR count). The van der Waals surface area contributed by atoms with Gasteiger partial charge in [-0.3, -0.25) is 15.1 Å². The molecule has 3 aromatic carbocycles. The van der Waals surface area contributed by atoms with Crippen LogP contribution in [0.2, 0.25) is 5.02 Å². The maximum absolute atomic E-state index is 13.0. The van der Waals surface area contributed by atoms with Crippen molar-refractivity contribution in [3.05, 3.63) is 86.4 Å². The number of rotatable bonds is 7. The quantitative estimate of drug-likeness (QED) is 0.200. The van der Waals surface area contributed by atoms with Crippen LogP contribution in [0.25, 0.3) is 0 Å². The molecule has 6 nitrogen and oxygen atoms in total. The van der Waals surface area contributed by atoms with Gasteiger partial charge in [0.1, 0.15) is 0 Å². The molecule has 0 aromatic heterocycles. The molecule has 0 aliphatic heterocycles. The predicted molar refractivity (Wildman–Crippen MR) is 119 cm³/mol. The molecule has 0 fully saturated rings. The number of hydrogen-bond acceptors (Lipinski definition) is 5. The van der Waals surface area contributed by atoms with E-state index in [-0.39, 0.29) is 23.1 Å². The van der Waals surface area contributed by atoms with Crippen molar-refractivity contribution < 1.29 is 27.6 Å². The Labute approximate surface area is 192 Å². The number of halogens is 4. The fourth-order valence-corrected chi connectivity index (χ4v) is 3.09. The van der Waals surface area contributed by atoms with Crippen molar-refractivity contribution in [3.8, 4) is 17.2 Å². The number of hydrogen-bond donors (Lipinski definition) is 0. The molecule has 0 unspecified atom stereocenters. The van der Waals surface area contributed by atoms with E-state index >= 15 is 0 Å². The minimum atomic E-state index is -4.74. The molecule has 10 heteroatoms. The largest absolute Gasteiger partial charge is 0.490 e. The van der Waals surface area contributed by atoms with Gasteiger partial charge in [-0.1, -0.05) is 29.3 Å². The summed E-state index contributed by atoms with van der Waals surface area (Å²) in [5.41, 5.74) is 0.358. The molecule has 3 aromatic rings. The van der Waals surface area contributed by atoms with Crippen molar-refractivity contribution in [2.45, 2.75) is 20.0 Å². The smallest absolute Gasteiger partial charge is 0.416 e. The Bertz CT molecular complexity index is 1200. The minimum absolute atomic E-state index is 0.0421. The van der Waals surface area contributed by atoms with Crippen molar-refractivity contribution in [1.29, 1.82) is 0 Å². The molecular formula is C23H18ClF3N2O4.